The highest BCUT2D eigenvalue weighted by Gasteiger charge is 2.17. The normalized spacial score (nSPS) is 11.3. The van der Waals surface area contributed by atoms with E-state index in [4.69, 9.17) is 4.42 Å². The summed E-state index contributed by atoms with van der Waals surface area (Å²) in [5, 5.41) is 4.76. The fourth-order valence-corrected chi connectivity index (χ4v) is 9.52. The van der Waals surface area contributed by atoms with E-state index in [-0.39, 0.29) is 0 Å². The van der Waals surface area contributed by atoms with Gasteiger partial charge < -0.3 is 9.32 Å². The van der Waals surface area contributed by atoms with Gasteiger partial charge in [-0.05, 0) is 156 Å². The molecule has 2 nitrogen and oxygen atoms in total. The van der Waals surface area contributed by atoms with Crippen LogP contribution in [0.3, 0.4) is 0 Å². The third kappa shape index (κ3) is 7.41. The van der Waals surface area contributed by atoms with Gasteiger partial charge in [-0.1, -0.05) is 182 Å². The number of fused-ring (bicyclic) bond motifs is 4. The van der Waals surface area contributed by atoms with E-state index < -0.39 is 0 Å². The molecule has 2 heteroatoms. The highest BCUT2D eigenvalue weighted by Crippen LogP contribution is 2.41. The van der Waals surface area contributed by atoms with Gasteiger partial charge in [0.05, 0.1) is 0 Å². The molecule has 0 spiro atoms. The summed E-state index contributed by atoms with van der Waals surface area (Å²) in [4.78, 5) is 2.36. The Balaban J connectivity index is 0.943. The number of rotatable bonds is 9. The maximum atomic E-state index is 6.28. The first-order valence-corrected chi connectivity index (χ1v) is 22.6. The Hall–Kier alpha value is -8.72. The van der Waals surface area contributed by atoms with Crippen molar-refractivity contribution in [3.05, 3.63) is 261 Å². The van der Waals surface area contributed by atoms with Crippen LogP contribution < -0.4 is 4.90 Å². The molecule has 66 heavy (non-hydrogen) atoms. The molecule has 310 valence electrons. The van der Waals surface area contributed by atoms with Crippen molar-refractivity contribution in [2.75, 3.05) is 4.90 Å². The minimum Gasteiger partial charge on any atom is -0.456 e. The van der Waals surface area contributed by atoms with Crippen molar-refractivity contribution >= 4 is 49.8 Å². The summed E-state index contributed by atoms with van der Waals surface area (Å²) in [6.45, 7) is 0. The van der Waals surface area contributed by atoms with Crippen molar-refractivity contribution in [1.82, 2.24) is 0 Å². The van der Waals surface area contributed by atoms with Crippen LogP contribution in [0.25, 0.3) is 99.5 Å². The van der Waals surface area contributed by atoms with Crippen molar-refractivity contribution < 1.29 is 4.42 Å². The summed E-state index contributed by atoms with van der Waals surface area (Å²) in [5.41, 5.74) is 19.1. The maximum Gasteiger partial charge on any atom is 0.136 e. The zero-order valence-electron chi connectivity index (χ0n) is 36.2. The molecule has 1 aromatic heterocycles. The van der Waals surface area contributed by atoms with Crippen LogP contribution in [0, 0.1) is 0 Å². The number of hydrogen-bond acceptors (Lipinski definition) is 2. The molecule has 12 rings (SSSR count). The first kappa shape index (κ1) is 38.9. The van der Waals surface area contributed by atoms with Crippen LogP contribution in [0.2, 0.25) is 0 Å². The van der Waals surface area contributed by atoms with Crippen molar-refractivity contribution in [1.29, 1.82) is 0 Å². The van der Waals surface area contributed by atoms with Crippen molar-refractivity contribution in [3.63, 3.8) is 0 Å². The maximum absolute atomic E-state index is 6.28. The van der Waals surface area contributed by atoms with Crippen LogP contribution >= 0.6 is 0 Å². The number of nitrogens with zero attached hydrogens (tertiary/aromatic N) is 1. The lowest BCUT2D eigenvalue weighted by Crippen LogP contribution is -2.10. The highest BCUT2D eigenvalue weighted by molar-refractivity contribution is 6.06. The Labute approximate surface area is 384 Å². The Morgan fingerprint density at radius 3 is 1.35 bits per heavy atom. The molecular formula is C64H43NO. The number of benzene rings is 11. The van der Waals surface area contributed by atoms with E-state index in [1.165, 1.54) is 55.3 Å². The van der Waals surface area contributed by atoms with Gasteiger partial charge in [0.15, 0.2) is 0 Å². The molecule has 0 N–H and O–H groups in total. The molecule has 0 aliphatic carbocycles. The minimum absolute atomic E-state index is 0.894. The lowest BCUT2D eigenvalue weighted by molar-refractivity contribution is 0.669. The summed E-state index contributed by atoms with van der Waals surface area (Å²) in [5.74, 6) is 0. The third-order valence-electron chi connectivity index (χ3n) is 12.8. The average Bonchev–Trinajstić information content (AvgIpc) is 3.77. The quantitative estimate of drug-likeness (QED) is 0.144. The van der Waals surface area contributed by atoms with E-state index in [1.54, 1.807) is 0 Å². The van der Waals surface area contributed by atoms with Gasteiger partial charge in [0, 0.05) is 27.8 Å². The second kappa shape index (κ2) is 16.8. The summed E-state index contributed by atoms with van der Waals surface area (Å²) in [6, 6.07) is 94.0. The predicted octanol–water partition coefficient (Wildman–Crippen LogP) is 18.2. The number of furan rings is 1. The van der Waals surface area contributed by atoms with Crippen molar-refractivity contribution in [2.45, 2.75) is 0 Å². The molecule has 0 amide bonds. The summed E-state index contributed by atoms with van der Waals surface area (Å²) in [7, 11) is 0. The zero-order valence-corrected chi connectivity index (χ0v) is 36.2. The molecule has 1 heterocycles. The van der Waals surface area contributed by atoms with E-state index >= 15 is 0 Å². The number of hydrogen-bond donors (Lipinski definition) is 0. The van der Waals surface area contributed by atoms with E-state index in [2.05, 4.69) is 254 Å². The van der Waals surface area contributed by atoms with Crippen molar-refractivity contribution in [3.8, 4) is 66.8 Å². The van der Waals surface area contributed by atoms with Crippen LogP contribution in [0.5, 0.6) is 0 Å². The van der Waals surface area contributed by atoms with Gasteiger partial charge in [-0.25, -0.2) is 0 Å². The van der Waals surface area contributed by atoms with Crippen LogP contribution in [0.4, 0.5) is 17.1 Å². The van der Waals surface area contributed by atoms with Crippen LogP contribution in [0.15, 0.2) is 265 Å². The standard InChI is InChI=1S/C64H43NO/c1-3-14-44(15-4-1)53-39-54(45-16-5-2-6-17-45)41-55(40-53)47-30-35-57(36-31-47)65(56-33-28-46(29-34-56)51-32-37-62-61-25-9-10-27-63(61)66-64(62)43-51)58-23-12-21-50(42-58)49-20-11-22-52(38-49)60-26-13-19-48-18-7-8-24-59(48)60/h1-43H. The molecule has 11 aromatic carbocycles. The Morgan fingerprint density at radius 2 is 0.667 bits per heavy atom. The van der Waals surface area contributed by atoms with E-state index in [9.17, 15) is 0 Å². The monoisotopic (exact) mass is 841 g/mol. The fourth-order valence-electron chi connectivity index (χ4n) is 9.52. The highest BCUT2D eigenvalue weighted by atomic mass is 16.3. The molecular weight excluding hydrogens is 799 g/mol. The fraction of sp³-hybridized carbons (Fsp3) is 0. The molecule has 0 aliphatic heterocycles. The molecule has 0 unspecified atom stereocenters. The molecule has 0 atom stereocenters. The number of para-hydroxylation sites is 1. The topological polar surface area (TPSA) is 16.4 Å². The Bertz CT molecular complexity index is 3620. The minimum atomic E-state index is 0.894. The molecule has 0 saturated carbocycles. The first-order valence-electron chi connectivity index (χ1n) is 22.6. The molecule has 0 saturated heterocycles. The van der Waals surface area contributed by atoms with Crippen LogP contribution in [-0.4, -0.2) is 0 Å². The van der Waals surface area contributed by atoms with Gasteiger partial charge in [0.1, 0.15) is 11.2 Å². The largest absolute Gasteiger partial charge is 0.456 e. The second-order valence-corrected chi connectivity index (χ2v) is 16.9. The van der Waals surface area contributed by atoms with Gasteiger partial charge in [0.2, 0.25) is 0 Å². The van der Waals surface area contributed by atoms with Crippen LogP contribution in [0.1, 0.15) is 0 Å². The van der Waals surface area contributed by atoms with E-state index in [0.29, 0.717) is 0 Å². The third-order valence-corrected chi connectivity index (χ3v) is 12.8. The lowest BCUT2D eigenvalue weighted by atomic mass is 9.93. The van der Waals surface area contributed by atoms with Gasteiger partial charge in [0.25, 0.3) is 0 Å². The van der Waals surface area contributed by atoms with Gasteiger partial charge in [-0.15, -0.1) is 0 Å². The zero-order chi connectivity index (χ0) is 43.8. The second-order valence-electron chi connectivity index (χ2n) is 16.9. The first-order chi connectivity index (χ1) is 32.7. The summed E-state index contributed by atoms with van der Waals surface area (Å²) in [6.07, 6.45) is 0. The predicted molar refractivity (Wildman–Crippen MR) is 279 cm³/mol. The lowest BCUT2D eigenvalue weighted by Gasteiger charge is -2.26. The summed E-state index contributed by atoms with van der Waals surface area (Å²) >= 11 is 0. The average molecular weight is 842 g/mol. The van der Waals surface area contributed by atoms with E-state index in [0.717, 1.165) is 61.3 Å². The van der Waals surface area contributed by atoms with Gasteiger partial charge in [-0.2, -0.15) is 0 Å². The van der Waals surface area contributed by atoms with E-state index in [1.807, 2.05) is 12.1 Å². The molecule has 0 bridgehead atoms. The molecule has 12 aromatic rings. The van der Waals surface area contributed by atoms with Crippen molar-refractivity contribution in [2.24, 2.45) is 0 Å². The number of anilines is 3. The SMILES string of the molecule is c1ccc(-c2cc(-c3ccccc3)cc(-c3ccc(N(c4ccc(-c5ccc6c(c5)oc5ccccc56)cc4)c4cccc(-c5cccc(-c6cccc7ccccc67)c5)c4)cc3)c2)cc1. The summed E-state index contributed by atoms with van der Waals surface area (Å²) < 4.78 is 6.28. The van der Waals surface area contributed by atoms with Gasteiger partial charge in [-0.3, -0.25) is 0 Å². The molecule has 0 fully saturated rings. The smallest absolute Gasteiger partial charge is 0.136 e. The Kier molecular flexibility index (Phi) is 9.89. The Morgan fingerprint density at radius 1 is 0.227 bits per heavy atom. The molecule has 0 radical (unpaired) electrons. The molecule has 0 aliphatic rings. The van der Waals surface area contributed by atoms with Gasteiger partial charge >= 0.3 is 0 Å². The van der Waals surface area contributed by atoms with Crippen LogP contribution in [-0.2, 0) is 0 Å².